The van der Waals surface area contributed by atoms with Gasteiger partial charge in [-0.3, -0.25) is 4.79 Å². The van der Waals surface area contributed by atoms with E-state index in [1.165, 1.54) is 16.4 Å². The molecule has 1 N–H and O–H groups in total. The molecule has 1 aliphatic rings. The van der Waals surface area contributed by atoms with Crippen LogP contribution in [-0.4, -0.2) is 36.7 Å². The van der Waals surface area contributed by atoms with Crippen molar-refractivity contribution in [1.82, 2.24) is 9.29 Å². The van der Waals surface area contributed by atoms with Crippen LogP contribution >= 0.6 is 23.2 Å². The lowest BCUT2D eigenvalue weighted by Crippen LogP contribution is -2.41. The highest BCUT2D eigenvalue weighted by molar-refractivity contribution is 7.89. The highest BCUT2D eigenvalue weighted by Gasteiger charge is 2.34. The minimum Gasteiger partial charge on any atom is -0.310 e. The van der Waals surface area contributed by atoms with Gasteiger partial charge in [-0.25, -0.2) is 13.4 Å². The Bertz CT molecular complexity index is 921. The summed E-state index contributed by atoms with van der Waals surface area (Å²) >= 11 is 12.1. The molecular weight excluding hydrogens is 409 g/mol. The van der Waals surface area contributed by atoms with E-state index in [1.54, 1.807) is 18.3 Å². The first-order valence-corrected chi connectivity index (χ1v) is 10.7. The zero-order valence-corrected chi connectivity index (χ0v) is 17.0. The number of halogens is 2. The fraction of sp³-hybridized carbons (Fsp3) is 0.333. The average Bonchev–Trinajstić information content (AvgIpc) is 2.63. The Balaban J connectivity index is 1.66. The van der Waals surface area contributed by atoms with Crippen LogP contribution in [0, 0.1) is 12.8 Å². The third-order valence-electron chi connectivity index (χ3n) is 4.50. The minimum atomic E-state index is -3.81. The molecule has 1 fully saturated rings. The number of hydrogen-bond acceptors (Lipinski definition) is 4. The number of piperidine rings is 1. The van der Waals surface area contributed by atoms with Crippen molar-refractivity contribution in [3.05, 3.63) is 52.1 Å². The van der Waals surface area contributed by atoms with Gasteiger partial charge in [0.1, 0.15) is 10.7 Å². The zero-order chi connectivity index (χ0) is 19.6. The van der Waals surface area contributed by atoms with Gasteiger partial charge in [0.05, 0.1) is 10.0 Å². The average molecular weight is 428 g/mol. The number of rotatable bonds is 4. The third kappa shape index (κ3) is 4.43. The first-order chi connectivity index (χ1) is 12.8. The number of benzene rings is 1. The van der Waals surface area contributed by atoms with Gasteiger partial charge in [-0.1, -0.05) is 35.3 Å². The van der Waals surface area contributed by atoms with E-state index in [1.807, 2.05) is 13.0 Å². The normalized spacial score (nSPS) is 16.3. The second-order valence-corrected chi connectivity index (χ2v) is 9.13. The number of aromatic nitrogens is 1. The summed E-state index contributed by atoms with van der Waals surface area (Å²) in [5, 5.41) is 2.96. The highest BCUT2D eigenvalue weighted by Crippen LogP contribution is 2.33. The summed E-state index contributed by atoms with van der Waals surface area (Å²) in [4.78, 5) is 16.5. The zero-order valence-electron chi connectivity index (χ0n) is 14.7. The Kier molecular flexibility index (Phi) is 6.05. The van der Waals surface area contributed by atoms with Crippen LogP contribution in [0.4, 0.5) is 5.82 Å². The van der Waals surface area contributed by atoms with Crippen LogP contribution in [0.25, 0.3) is 0 Å². The van der Waals surface area contributed by atoms with Crippen LogP contribution in [0.3, 0.4) is 0 Å². The molecule has 0 bridgehead atoms. The van der Waals surface area contributed by atoms with Gasteiger partial charge >= 0.3 is 0 Å². The quantitative estimate of drug-likeness (QED) is 0.805. The van der Waals surface area contributed by atoms with E-state index in [9.17, 15) is 13.2 Å². The van der Waals surface area contributed by atoms with Gasteiger partial charge in [0.15, 0.2) is 0 Å². The summed E-state index contributed by atoms with van der Waals surface area (Å²) in [7, 11) is -3.81. The van der Waals surface area contributed by atoms with Crippen molar-refractivity contribution < 1.29 is 13.2 Å². The van der Waals surface area contributed by atoms with Gasteiger partial charge in [0.25, 0.3) is 0 Å². The van der Waals surface area contributed by atoms with E-state index in [0.717, 1.165) is 5.56 Å². The van der Waals surface area contributed by atoms with E-state index in [2.05, 4.69) is 10.3 Å². The number of sulfonamides is 1. The van der Waals surface area contributed by atoms with Crippen LogP contribution < -0.4 is 5.32 Å². The Labute approximate surface area is 168 Å². The predicted octanol–water partition coefficient (Wildman–Crippen LogP) is 3.74. The summed E-state index contributed by atoms with van der Waals surface area (Å²) in [6, 6.07) is 8.20. The topological polar surface area (TPSA) is 79.4 Å². The van der Waals surface area contributed by atoms with Crippen molar-refractivity contribution in [1.29, 1.82) is 0 Å². The Hall–Kier alpha value is -1.67. The fourth-order valence-electron chi connectivity index (χ4n) is 2.99. The summed E-state index contributed by atoms with van der Waals surface area (Å²) in [5.41, 5.74) is 1.00. The lowest BCUT2D eigenvalue weighted by Gasteiger charge is -2.30. The van der Waals surface area contributed by atoms with Crippen LogP contribution in [-0.2, 0) is 14.8 Å². The van der Waals surface area contributed by atoms with Gasteiger partial charge in [0, 0.05) is 25.2 Å². The Morgan fingerprint density at radius 2 is 1.78 bits per heavy atom. The maximum atomic E-state index is 12.9. The first-order valence-electron chi connectivity index (χ1n) is 8.46. The molecule has 0 aliphatic carbocycles. The van der Waals surface area contributed by atoms with Crippen LogP contribution in [0.1, 0.15) is 18.4 Å². The van der Waals surface area contributed by atoms with E-state index in [4.69, 9.17) is 23.2 Å². The van der Waals surface area contributed by atoms with E-state index in [0.29, 0.717) is 18.7 Å². The summed E-state index contributed by atoms with van der Waals surface area (Å²) in [6.07, 6.45) is 2.51. The number of carbonyl (C=O) groups excluding carboxylic acids is 1. The summed E-state index contributed by atoms with van der Waals surface area (Å²) in [5.74, 6) is 0.0592. The van der Waals surface area contributed by atoms with Crippen molar-refractivity contribution >= 4 is 45.0 Å². The second kappa shape index (κ2) is 8.14. The number of hydrogen-bond donors (Lipinski definition) is 1. The molecule has 0 atom stereocenters. The van der Waals surface area contributed by atoms with E-state index >= 15 is 0 Å². The lowest BCUT2D eigenvalue weighted by atomic mass is 9.97. The number of anilines is 1. The minimum absolute atomic E-state index is 0.0832. The highest BCUT2D eigenvalue weighted by atomic mass is 35.5. The predicted molar refractivity (Wildman–Crippen MR) is 106 cm³/mol. The van der Waals surface area contributed by atoms with Crippen molar-refractivity contribution in [2.24, 2.45) is 5.92 Å². The van der Waals surface area contributed by atoms with Gasteiger partial charge < -0.3 is 5.32 Å². The standard InChI is InChI=1S/C18H19Cl2N3O3S/c1-12-5-6-16(21-11-12)22-18(24)13-7-9-23(10-8-13)27(25,26)17-14(19)3-2-4-15(17)20/h2-6,11,13H,7-10H2,1H3,(H,21,22,24). The fourth-order valence-corrected chi connectivity index (χ4v) is 5.55. The number of pyridine rings is 1. The molecule has 144 valence electrons. The molecule has 2 heterocycles. The molecule has 2 aromatic rings. The van der Waals surface area contributed by atoms with Crippen LogP contribution in [0.5, 0.6) is 0 Å². The SMILES string of the molecule is Cc1ccc(NC(=O)C2CCN(S(=O)(=O)c3c(Cl)cccc3Cl)CC2)nc1. The summed E-state index contributed by atoms with van der Waals surface area (Å²) in [6.45, 7) is 2.37. The lowest BCUT2D eigenvalue weighted by molar-refractivity contribution is -0.120. The van der Waals surface area contributed by atoms with Crippen molar-refractivity contribution in [3.8, 4) is 0 Å². The van der Waals surface area contributed by atoms with Gasteiger partial charge in [0.2, 0.25) is 15.9 Å². The molecule has 1 saturated heterocycles. The molecule has 0 saturated carbocycles. The molecule has 1 aliphatic heterocycles. The molecule has 0 unspecified atom stereocenters. The van der Waals surface area contributed by atoms with Crippen molar-refractivity contribution in [2.45, 2.75) is 24.7 Å². The first kappa shape index (κ1) is 20.1. The molecule has 0 spiro atoms. The third-order valence-corrected chi connectivity index (χ3v) is 7.36. The molecule has 9 heteroatoms. The molecule has 1 aromatic heterocycles. The van der Waals surface area contributed by atoms with E-state index < -0.39 is 10.0 Å². The van der Waals surface area contributed by atoms with Crippen molar-refractivity contribution in [2.75, 3.05) is 18.4 Å². The molecule has 0 radical (unpaired) electrons. The second-order valence-electron chi connectivity index (χ2n) is 6.44. The van der Waals surface area contributed by atoms with E-state index in [-0.39, 0.29) is 39.9 Å². The van der Waals surface area contributed by atoms with Crippen LogP contribution in [0.2, 0.25) is 10.0 Å². The molecule has 27 heavy (non-hydrogen) atoms. The molecule has 3 rings (SSSR count). The number of carbonyl (C=O) groups is 1. The number of aryl methyl sites for hydroxylation is 1. The molecular formula is C18H19Cl2N3O3S. The maximum absolute atomic E-state index is 12.9. The number of amides is 1. The largest absolute Gasteiger partial charge is 0.310 e. The molecule has 1 aromatic carbocycles. The molecule has 6 nitrogen and oxygen atoms in total. The maximum Gasteiger partial charge on any atom is 0.246 e. The van der Waals surface area contributed by atoms with Crippen molar-refractivity contribution in [3.63, 3.8) is 0 Å². The van der Waals surface area contributed by atoms with Gasteiger partial charge in [-0.15, -0.1) is 0 Å². The number of nitrogens with one attached hydrogen (secondary N) is 1. The van der Waals surface area contributed by atoms with Crippen LogP contribution in [0.15, 0.2) is 41.4 Å². The smallest absolute Gasteiger partial charge is 0.246 e. The molecule has 1 amide bonds. The Morgan fingerprint density at radius 3 is 2.33 bits per heavy atom. The number of nitrogens with zero attached hydrogens (tertiary/aromatic N) is 2. The Morgan fingerprint density at radius 1 is 1.15 bits per heavy atom. The van der Waals surface area contributed by atoms with Gasteiger partial charge in [-0.05, 0) is 43.5 Å². The monoisotopic (exact) mass is 427 g/mol. The summed E-state index contributed by atoms with van der Waals surface area (Å²) < 4.78 is 27.1. The van der Waals surface area contributed by atoms with Gasteiger partial charge in [-0.2, -0.15) is 4.31 Å².